The molecule has 0 spiro atoms. The van der Waals surface area contributed by atoms with Crippen molar-refractivity contribution in [2.45, 2.75) is 23.6 Å². The number of aromatic hydroxyl groups is 2. The summed E-state index contributed by atoms with van der Waals surface area (Å²) in [6, 6.07) is 11.2. The first-order chi connectivity index (χ1) is 9.47. The van der Waals surface area contributed by atoms with Crippen LogP contribution in [0.3, 0.4) is 0 Å². The van der Waals surface area contributed by atoms with Crippen molar-refractivity contribution in [1.82, 2.24) is 0 Å². The van der Waals surface area contributed by atoms with Gasteiger partial charge in [-0.3, -0.25) is 0 Å². The molecule has 0 aromatic heterocycles. The van der Waals surface area contributed by atoms with Crippen LogP contribution in [0, 0.1) is 13.8 Å². The Labute approximate surface area is 129 Å². The molecule has 0 radical (unpaired) electrons. The molecule has 0 bridgehead atoms. The molecule has 0 aliphatic carbocycles. The predicted molar refractivity (Wildman–Crippen MR) is 89.2 cm³/mol. The molecule has 0 fully saturated rings. The monoisotopic (exact) mass is 308 g/mol. The highest BCUT2D eigenvalue weighted by Gasteiger charge is 1.95. The van der Waals surface area contributed by atoms with Gasteiger partial charge in [0.05, 0.1) is 0 Å². The van der Waals surface area contributed by atoms with Crippen LogP contribution in [0.4, 0.5) is 0 Å². The average Bonchev–Trinajstić information content (AvgIpc) is 2.45. The van der Waals surface area contributed by atoms with E-state index < -0.39 is 0 Å². The van der Waals surface area contributed by atoms with Crippen LogP contribution in [-0.2, 0) is 0 Å². The summed E-state index contributed by atoms with van der Waals surface area (Å²) >= 11 is 3.36. The Morgan fingerprint density at radius 1 is 0.700 bits per heavy atom. The highest BCUT2D eigenvalue weighted by molar-refractivity contribution is 7.98. The van der Waals surface area contributed by atoms with Crippen molar-refractivity contribution in [2.75, 3.05) is 12.5 Å². The van der Waals surface area contributed by atoms with Crippen molar-refractivity contribution in [3.05, 3.63) is 47.5 Å². The van der Waals surface area contributed by atoms with Crippen LogP contribution in [0.15, 0.2) is 46.2 Å². The zero-order valence-electron chi connectivity index (χ0n) is 12.2. The maximum Gasteiger partial charge on any atom is 0.118 e. The summed E-state index contributed by atoms with van der Waals surface area (Å²) in [5.41, 5.74) is 1.87. The molecular weight excluding hydrogens is 288 g/mol. The van der Waals surface area contributed by atoms with Crippen molar-refractivity contribution in [1.29, 1.82) is 0 Å². The minimum atomic E-state index is 0.373. The zero-order chi connectivity index (χ0) is 15.1. The number of benzene rings is 2. The van der Waals surface area contributed by atoms with Crippen molar-refractivity contribution >= 4 is 23.5 Å². The lowest BCUT2D eigenvalue weighted by atomic mass is 10.2. The molecule has 20 heavy (non-hydrogen) atoms. The molecular formula is C16H20O2S2. The summed E-state index contributed by atoms with van der Waals surface area (Å²) in [6.07, 6.45) is 4.04. The maximum atomic E-state index is 9.13. The third-order valence-electron chi connectivity index (χ3n) is 2.81. The highest BCUT2D eigenvalue weighted by atomic mass is 32.2. The van der Waals surface area contributed by atoms with Gasteiger partial charge >= 0.3 is 0 Å². The fourth-order valence-electron chi connectivity index (χ4n) is 1.51. The van der Waals surface area contributed by atoms with Gasteiger partial charge < -0.3 is 10.2 Å². The molecule has 108 valence electrons. The van der Waals surface area contributed by atoms with Crippen LogP contribution in [0.25, 0.3) is 0 Å². The Balaban J connectivity index is 0.000000200. The standard InChI is InChI=1S/2C8H10OS/c2*1-6-5-7(10-2)3-4-8(6)9/h2*3-5,9H,1-2H3. The third kappa shape index (κ3) is 5.02. The molecule has 0 amide bonds. The Bertz CT molecular complexity index is 517. The average molecular weight is 308 g/mol. The number of rotatable bonds is 2. The van der Waals surface area contributed by atoms with Crippen LogP contribution in [-0.4, -0.2) is 22.7 Å². The minimum Gasteiger partial charge on any atom is -0.508 e. The van der Waals surface area contributed by atoms with E-state index in [9.17, 15) is 0 Å². The lowest BCUT2D eigenvalue weighted by molar-refractivity contribution is 0.470. The highest BCUT2D eigenvalue weighted by Crippen LogP contribution is 2.23. The Hall–Kier alpha value is -1.26. The van der Waals surface area contributed by atoms with Crippen LogP contribution in [0.5, 0.6) is 11.5 Å². The first-order valence-corrected chi connectivity index (χ1v) is 8.60. The second-order valence-corrected chi connectivity index (χ2v) is 6.06. The predicted octanol–water partition coefficient (Wildman–Crippen LogP) is 4.85. The molecule has 0 atom stereocenters. The van der Waals surface area contributed by atoms with E-state index in [0.717, 1.165) is 11.1 Å². The van der Waals surface area contributed by atoms with Crippen molar-refractivity contribution in [3.8, 4) is 11.5 Å². The molecule has 0 aliphatic heterocycles. The van der Waals surface area contributed by atoms with E-state index in [0.29, 0.717) is 11.5 Å². The van der Waals surface area contributed by atoms with Gasteiger partial charge in [-0.2, -0.15) is 0 Å². The van der Waals surface area contributed by atoms with Gasteiger partial charge in [0.25, 0.3) is 0 Å². The molecule has 0 aliphatic rings. The van der Waals surface area contributed by atoms with Gasteiger partial charge in [0.2, 0.25) is 0 Å². The van der Waals surface area contributed by atoms with Crippen LogP contribution in [0.2, 0.25) is 0 Å². The van der Waals surface area contributed by atoms with Crippen molar-refractivity contribution in [3.63, 3.8) is 0 Å². The van der Waals surface area contributed by atoms with Gasteiger partial charge in [-0.05, 0) is 73.9 Å². The first kappa shape index (κ1) is 16.8. The fourth-order valence-corrected chi connectivity index (χ4v) is 2.51. The van der Waals surface area contributed by atoms with Crippen LogP contribution >= 0.6 is 23.5 Å². The molecule has 2 N–H and O–H groups in total. The summed E-state index contributed by atoms with van der Waals surface area (Å²) in [4.78, 5) is 2.38. The summed E-state index contributed by atoms with van der Waals surface area (Å²) in [7, 11) is 0. The molecule has 4 heteroatoms. The first-order valence-electron chi connectivity index (χ1n) is 6.15. The molecule has 0 saturated carbocycles. The van der Waals surface area contributed by atoms with E-state index in [-0.39, 0.29) is 0 Å². The largest absolute Gasteiger partial charge is 0.508 e. The Kier molecular flexibility index (Phi) is 6.82. The van der Waals surface area contributed by atoms with E-state index in [1.54, 1.807) is 35.7 Å². The van der Waals surface area contributed by atoms with E-state index in [1.165, 1.54) is 9.79 Å². The summed E-state index contributed by atoms with van der Waals surface area (Å²) in [5, 5.41) is 18.3. The number of hydrogen-bond acceptors (Lipinski definition) is 4. The normalized spacial score (nSPS) is 9.80. The summed E-state index contributed by atoms with van der Waals surface area (Å²) < 4.78 is 0. The third-order valence-corrected chi connectivity index (χ3v) is 4.26. The quantitative estimate of drug-likeness (QED) is 0.778. The summed E-state index contributed by atoms with van der Waals surface area (Å²) in [6.45, 7) is 3.80. The van der Waals surface area contributed by atoms with Gasteiger partial charge in [0, 0.05) is 9.79 Å². The van der Waals surface area contributed by atoms with E-state index in [1.807, 2.05) is 50.6 Å². The molecule has 0 unspecified atom stereocenters. The van der Waals surface area contributed by atoms with Crippen LogP contribution < -0.4 is 0 Å². The zero-order valence-corrected chi connectivity index (χ0v) is 13.8. The van der Waals surface area contributed by atoms with E-state index >= 15 is 0 Å². The number of phenolic OH excluding ortho intramolecular Hbond substituents is 2. The molecule has 2 aromatic rings. The van der Waals surface area contributed by atoms with Crippen LogP contribution in [0.1, 0.15) is 11.1 Å². The Morgan fingerprint density at radius 3 is 1.30 bits per heavy atom. The van der Waals surface area contributed by atoms with Gasteiger partial charge in [-0.25, -0.2) is 0 Å². The second kappa shape index (κ2) is 8.12. The van der Waals surface area contributed by atoms with Gasteiger partial charge in [0.15, 0.2) is 0 Å². The lowest BCUT2D eigenvalue weighted by Gasteiger charge is -1.99. The number of hydrogen-bond donors (Lipinski definition) is 2. The minimum absolute atomic E-state index is 0.373. The molecule has 2 nitrogen and oxygen atoms in total. The van der Waals surface area contributed by atoms with Crippen molar-refractivity contribution in [2.24, 2.45) is 0 Å². The van der Waals surface area contributed by atoms with Gasteiger partial charge in [-0.15, -0.1) is 23.5 Å². The van der Waals surface area contributed by atoms with Gasteiger partial charge in [0.1, 0.15) is 11.5 Å². The Morgan fingerprint density at radius 2 is 1.05 bits per heavy atom. The molecule has 2 rings (SSSR count). The SMILES string of the molecule is CSc1ccc(O)c(C)c1.CSc1ccc(O)c(C)c1. The smallest absolute Gasteiger partial charge is 0.118 e. The number of phenols is 2. The van der Waals surface area contributed by atoms with Crippen molar-refractivity contribution < 1.29 is 10.2 Å². The lowest BCUT2D eigenvalue weighted by Crippen LogP contribution is -1.74. The molecule has 2 aromatic carbocycles. The number of aryl methyl sites for hydroxylation is 2. The van der Waals surface area contributed by atoms with Gasteiger partial charge in [-0.1, -0.05) is 0 Å². The molecule has 0 saturated heterocycles. The maximum absolute atomic E-state index is 9.13. The fraction of sp³-hybridized carbons (Fsp3) is 0.250. The summed E-state index contributed by atoms with van der Waals surface area (Å²) in [5.74, 6) is 0.746. The number of thioether (sulfide) groups is 2. The van der Waals surface area contributed by atoms with E-state index in [2.05, 4.69) is 0 Å². The topological polar surface area (TPSA) is 40.5 Å². The second-order valence-electron chi connectivity index (χ2n) is 4.30. The molecule has 0 heterocycles. The van der Waals surface area contributed by atoms with E-state index in [4.69, 9.17) is 10.2 Å².